The molecule has 0 saturated heterocycles. The van der Waals surface area contributed by atoms with Gasteiger partial charge >= 0.3 is 0 Å². The zero-order chi connectivity index (χ0) is 11.6. The van der Waals surface area contributed by atoms with Crippen LogP contribution in [0.1, 0.15) is 6.92 Å². The maximum absolute atomic E-state index is 10.6. The summed E-state index contributed by atoms with van der Waals surface area (Å²) in [6.07, 6.45) is 1.06. The Morgan fingerprint density at radius 3 is 2.21 bits per heavy atom. The topological polar surface area (TPSA) is 92.4 Å². The Morgan fingerprint density at radius 1 is 1.57 bits per heavy atom. The van der Waals surface area contributed by atoms with Crippen LogP contribution < -0.4 is 11.1 Å². The molecule has 0 spiro atoms. The Morgan fingerprint density at radius 2 is 2.00 bits per heavy atom. The van der Waals surface area contributed by atoms with Gasteiger partial charge in [0, 0.05) is 12.1 Å². The third-order valence-corrected chi connectivity index (χ3v) is 0.986. The second kappa shape index (κ2) is 9.47. The van der Waals surface area contributed by atoms with E-state index in [0.29, 0.717) is 12.1 Å². The van der Waals surface area contributed by atoms with E-state index >= 15 is 0 Å². The van der Waals surface area contributed by atoms with Crippen molar-refractivity contribution in [1.29, 1.82) is 0 Å². The van der Waals surface area contributed by atoms with Crippen LogP contribution in [0, 0.1) is 0 Å². The third-order valence-electron chi connectivity index (χ3n) is 0.986. The molecule has 0 aromatic carbocycles. The summed E-state index contributed by atoms with van der Waals surface area (Å²) in [5.41, 5.74) is 5.00. The van der Waals surface area contributed by atoms with E-state index in [9.17, 15) is 9.59 Å². The van der Waals surface area contributed by atoms with Gasteiger partial charge in [-0.2, -0.15) is 0 Å². The molecule has 0 bridgehead atoms. The van der Waals surface area contributed by atoms with Gasteiger partial charge in [0.05, 0.1) is 6.61 Å². The number of nitrogens with one attached hydrogen (secondary N) is 1. The van der Waals surface area contributed by atoms with E-state index in [4.69, 9.17) is 5.11 Å². The van der Waals surface area contributed by atoms with Crippen molar-refractivity contribution in [3.8, 4) is 0 Å². The lowest BCUT2D eigenvalue weighted by molar-refractivity contribution is -0.117. The predicted octanol–water partition coefficient (Wildman–Crippen LogP) is -0.671. The average molecular weight is 200 g/mol. The molecular weight excluding hydrogens is 184 g/mol. The SMILES string of the molecule is C=C(C)C(=O)NCCO.C=CC(N)=O. The molecular formula is C9H16N2O3. The second-order valence-corrected chi connectivity index (χ2v) is 2.37. The minimum atomic E-state index is -0.481. The van der Waals surface area contributed by atoms with E-state index < -0.39 is 5.91 Å². The van der Waals surface area contributed by atoms with Crippen LogP contribution in [0.25, 0.3) is 0 Å². The highest BCUT2D eigenvalue weighted by molar-refractivity contribution is 5.92. The standard InChI is InChI=1S/C6H11NO2.C3H5NO/c1-5(2)6(9)7-3-4-8;1-2-3(4)5/h8H,1,3-4H2,2H3,(H,7,9);2H,1H2,(H2,4,5). The smallest absolute Gasteiger partial charge is 0.246 e. The van der Waals surface area contributed by atoms with Gasteiger partial charge in [0.15, 0.2) is 0 Å². The summed E-state index contributed by atoms with van der Waals surface area (Å²) in [6, 6.07) is 0. The molecule has 0 heterocycles. The van der Waals surface area contributed by atoms with Gasteiger partial charge in [-0.15, -0.1) is 0 Å². The molecule has 0 aromatic heterocycles. The van der Waals surface area contributed by atoms with E-state index in [0.717, 1.165) is 6.08 Å². The number of carbonyl (C=O) groups excluding carboxylic acids is 2. The van der Waals surface area contributed by atoms with E-state index in [-0.39, 0.29) is 12.5 Å². The van der Waals surface area contributed by atoms with Crippen LogP contribution in [0.4, 0.5) is 0 Å². The first-order valence-electron chi connectivity index (χ1n) is 3.92. The van der Waals surface area contributed by atoms with Crippen LogP contribution in [0.15, 0.2) is 24.8 Å². The molecule has 5 heteroatoms. The number of aliphatic hydroxyl groups is 1. The number of hydrogen-bond donors (Lipinski definition) is 3. The normalized spacial score (nSPS) is 7.86. The van der Waals surface area contributed by atoms with Gasteiger partial charge in [0.25, 0.3) is 0 Å². The molecule has 0 fully saturated rings. The van der Waals surface area contributed by atoms with Crippen molar-refractivity contribution in [2.24, 2.45) is 5.73 Å². The molecule has 80 valence electrons. The van der Waals surface area contributed by atoms with Crippen molar-refractivity contribution in [1.82, 2.24) is 5.32 Å². The largest absolute Gasteiger partial charge is 0.395 e. The Kier molecular flexibility index (Phi) is 10.1. The minimum absolute atomic E-state index is 0.0288. The lowest BCUT2D eigenvalue weighted by Gasteiger charge is -1.99. The van der Waals surface area contributed by atoms with Crippen molar-refractivity contribution < 1.29 is 14.7 Å². The van der Waals surface area contributed by atoms with Gasteiger partial charge in [-0.05, 0) is 13.0 Å². The first kappa shape index (κ1) is 14.9. The second-order valence-electron chi connectivity index (χ2n) is 2.37. The number of hydrogen-bond acceptors (Lipinski definition) is 3. The molecule has 0 aliphatic heterocycles. The van der Waals surface area contributed by atoms with Crippen molar-refractivity contribution in [3.05, 3.63) is 24.8 Å². The molecule has 4 N–H and O–H groups in total. The molecule has 5 nitrogen and oxygen atoms in total. The van der Waals surface area contributed by atoms with Gasteiger partial charge < -0.3 is 16.2 Å². The fraction of sp³-hybridized carbons (Fsp3) is 0.333. The van der Waals surface area contributed by atoms with E-state index in [1.165, 1.54) is 0 Å². The lowest BCUT2D eigenvalue weighted by atomic mass is 10.3. The van der Waals surface area contributed by atoms with E-state index in [1.807, 2.05) is 0 Å². The molecule has 0 aromatic rings. The van der Waals surface area contributed by atoms with Crippen LogP contribution in [0.3, 0.4) is 0 Å². The third kappa shape index (κ3) is 13.0. The van der Waals surface area contributed by atoms with E-state index in [2.05, 4.69) is 24.2 Å². The number of primary amides is 1. The fourth-order valence-electron chi connectivity index (χ4n) is 0.320. The number of rotatable bonds is 4. The molecule has 0 aliphatic rings. The highest BCUT2D eigenvalue weighted by Gasteiger charge is 1.97. The summed E-state index contributed by atoms with van der Waals surface area (Å²) >= 11 is 0. The molecule has 0 aliphatic carbocycles. The first-order valence-corrected chi connectivity index (χ1v) is 3.92. The Bertz CT molecular complexity index is 224. The molecule has 0 saturated carbocycles. The van der Waals surface area contributed by atoms with Crippen molar-refractivity contribution >= 4 is 11.8 Å². The number of carbonyl (C=O) groups is 2. The minimum Gasteiger partial charge on any atom is -0.395 e. The molecule has 14 heavy (non-hydrogen) atoms. The molecule has 2 amide bonds. The molecule has 0 atom stereocenters. The Labute approximate surface area is 83.3 Å². The van der Waals surface area contributed by atoms with Crippen LogP contribution >= 0.6 is 0 Å². The van der Waals surface area contributed by atoms with Gasteiger partial charge in [-0.1, -0.05) is 13.2 Å². The zero-order valence-electron chi connectivity index (χ0n) is 8.25. The van der Waals surface area contributed by atoms with Crippen LogP contribution in [-0.2, 0) is 9.59 Å². The quantitative estimate of drug-likeness (QED) is 0.525. The van der Waals surface area contributed by atoms with Gasteiger partial charge in [0.1, 0.15) is 0 Å². The van der Waals surface area contributed by atoms with Crippen LogP contribution in [-0.4, -0.2) is 30.1 Å². The summed E-state index contributed by atoms with van der Waals surface area (Å²) in [6.45, 7) is 8.39. The average Bonchev–Trinajstić information content (AvgIpc) is 2.14. The van der Waals surface area contributed by atoms with Crippen molar-refractivity contribution in [2.45, 2.75) is 6.92 Å². The Balaban J connectivity index is 0. The molecule has 0 rings (SSSR count). The van der Waals surface area contributed by atoms with Crippen molar-refractivity contribution in [3.63, 3.8) is 0 Å². The van der Waals surface area contributed by atoms with Crippen molar-refractivity contribution in [2.75, 3.05) is 13.2 Å². The number of amides is 2. The Hall–Kier alpha value is -1.62. The zero-order valence-corrected chi connectivity index (χ0v) is 8.25. The molecule has 0 radical (unpaired) electrons. The maximum Gasteiger partial charge on any atom is 0.246 e. The van der Waals surface area contributed by atoms with Gasteiger partial charge in [-0.3, -0.25) is 9.59 Å². The summed E-state index contributed by atoms with van der Waals surface area (Å²) in [4.78, 5) is 20.1. The fourth-order valence-corrected chi connectivity index (χ4v) is 0.320. The monoisotopic (exact) mass is 200 g/mol. The highest BCUT2D eigenvalue weighted by atomic mass is 16.3. The predicted molar refractivity (Wildman–Crippen MR) is 54.3 cm³/mol. The first-order chi connectivity index (χ1) is 6.45. The summed E-state index contributed by atoms with van der Waals surface area (Å²) < 4.78 is 0. The number of nitrogens with two attached hydrogens (primary N) is 1. The van der Waals surface area contributed by atoms with Crippen LogP contribution in [0.5, 0.6) is 0 Å². The van der Waals surface area contributed by atoms with Crippen LogP contribution in [0.2, 0.25) is 0 Å². The molecule has 0 unspecified atom stereocenters. The van der Waals surface area contributed by atoms with E-state index in [1.54, 1.807) is 6.92 Å². The number of aliphatic hydroxyl groups excluding tert-OH is 1. The summed E-state index contributed by atoms with van der Waals surface area (Å²) in [5.74, 6) is -0.686. The summed E-state index contributed by atoms with van der Waals surface area (Å²) in [7, 11) is 0. The maximum atomic E-state index is 10.6. The highest BCUT2D eigenvalue weighted by Crippen LogP contribution is 1.83. The lowest BCUT2D eigenvalue weighted by Crippen LogP contribution is -2.26. The van der Waals surface area contributed by atoms with Gasteiger partial charge in [0.2, 0.25) is 11.8 Å². The van der Waals surface area contributed by atoms with Gasteiger partial charge in [-0.25, -0.2) is 0 Å². The summed E-state index contributed by atoms with van der Waals surface area (Å²) in [5, 5.41) is 10.7.